The van der Waals surface area contributed by atoms with Gasteiger partial charge in [-0.25, -0.2) is 13.1 Å². The molecule has 1 aromatic carbocycles. The highest BCUT2D eigenvalue weighted by Crippen LogP contribution is 2.19. The Kier molecular flexibility index (Phi) is 3.89. The molecule has 100 valence electrons. The molecule has 1 unspecified atom stereocenters. The van der Waals surface area contributed by atoms with Gasteiger partial charge in [-0.2, -0.15) is 0 Å². The van der Waals surface area contributed by atoms with Crippen molar-refractivity contribution < 1.29 is 13.2 Å². The summed E-state index contributed by atoms with van der Waals surface area (Å²) < 4.78 is 32.4. The molecule has 1 saturated heterocycles. The largest absolute Gasteiger partial charge is 0.399 e. The van der Waals surface area contributed by atoms with Crippen LogP contribution in [0.15, 0.2) is 23.1 Å². The molecule has 0 aliphatic carbocycles. The first-order chi connectivity index (χ1) is 8.49. The summed E-state index contributed by atoms with van der Waals surface area (Å²) in [6.07, 6.45) is 1.70. The fourth-order valence-corrected chi connectivity index (χ4v) is 3.57. The summed E-state index contributed by atoms with van der Waals surface area (Å²) in [5.74, 6) is 0. The van der Waals surface area contributed by atoms with E-state index in [4.69, 9.17) is 10.5 Å². The molecule has 0 amide bonds. The van der Waals surface area contributed by atoms with Crippen molar-refractivity contribution in [3.05, 3.63) is 23.8 Å². The number of nitrogens with two attached hydrogens (primary N) is 1. The molecule has 1 aliphatic rings. The van der Waals surface area contributed by atoms with Crippen molar-refractivity contribution in [1.82, 2.24) is 4.72 Å². The Balaban J connectivity index is 2.19. The van der Waals surface area contributed by atoms with Crippen molar-refractivity contribution in [2.45, 2.75) is 30.7 Å². The van der Waals surface area contributed by atoms with Gasteiger partial charge >= 0.3 is 0 Å². The Hall–Kier alpha value is -1.11. The Morgan fingerprint density at radius 1 is 1.44 bits per heavy atom. The third kappa shape index (κ3) is 3.01. The molecule has 1 atom stereocenters. The van der Waals surface area contributed by atoms with Gasteiger partial charge in [0.15, 0.2) is 0 Å². The first-order valence-corrected chi connectivity index (χ1v) is 7.43. The van der Waals surface area contributed by atoms with E-state index in [1.54, 1.807) is 19.1 Å². The van der Waals surface area contributed by atoms with E-state index >= 15 is 0 Å². The standard InChI is InChI=1S/C12H18N2O3S/c1-9-7-10(13)4-5-12(9)18(15,16)14-11-3-2-6-17-8-11/h4-5,7,11,14H,2-3,6,8,13H2,1H3. The molecule has 0 spiro atoms. The van der Waals surface area contributed by atoms with Gasteiger partial charge in [0.1, 0.15) is 0 Å². The number of rotatable bonds is 3. The van der Waals surface area contributed by atoms with Crippen LogP contribution in [-0.4, -0.2) is 27.7 Å². The third-order valence-corrected chi connectivity index (χ3v) is 4.65. The Morgan fingerprint density at radius 2 is 2.22 bits per heavy atom. The smallest absolute Gasteiger partial charge is 0.241 e. The van der Waals surface area contributed by atoms with E-state index in [9.17, 15) is 8.42 Å². The van der Waals surface area contributed by atoms with Crippen molar-refractivity contribution in [2.24, 2.45) is 0 Å². The molecular formula is C12H18N2O3S. The van der Waals surface area contributed by atoms with Gasteiger partial charge in [-0.05, 0) is 43.5 Å². The van der Waals surface area contributed by atoms with Crippen LogP contribution in [0.2, 0.25) is 0 Å². The summed E-state index contributed by atoms with van der Waals surface area (Å²) in [6.45, 7) is 2.88. The second-order valence-corrected chi connectivity index (χ2v) is 6.24. The van der Waals surface area contributed by atoms with Gasteiger partial charge in [-0.3, -0.25) is 0 Å². The molecular weight excluding hydrogens is 252 g/mol. The van der Waals surface area contributed by atoms with Crippen molar-refractivity contribution in [1.29, 1.82) is 0 Å². The number of hydrogen-bond donors (Lipinski definition) is 2. The molecule has 0 radical (unpaired) electrons. The highest BCUT2D eigenvalue weighted by molar-refractivity contribution is 7.89. The molecule has 18 heavy (non-hydrogen) atoms. The highest BCUT2D eigenvalue weighted by Gasteiger charge is 2.23. The SMILES string of the molecule is Cc1cc(N)ccc1S(=O)(=O)NC1CCCOC1. The zero-order valence-corrected chi connectivity index (χ0v) is 11.2. The summed E-state index contributed by atoms with van der Waals surface area (Å²) in [6, 6.07) is 4.65. The zero-order valence-electron chi connectivity index (χ0n) is 10.3. The predicted octanol–water partition coefficient (Wildman–Crippen LogP) is 1.03. The van der Waals surface area contributed by atoms with Gasteiger partial charge in [0, 0.05) is 18.3 Å². The quantitative estimate of drug-likeness (QED) is 0.804. The molecule has 0 aromatic heterocycles. The van der Waals surface area contributed by atoms with Gasteiger partial charge < -0.3 is 10.5 Å². The maximum absolute atomic E-state index is 12.2. The van der Waals surface area contributed by atoms with Gasteiger partial charge in [-0.15, -0.1) is 0 Å². The third-order valence-electron chi connectivity index (χ3n) is 2.97. The van der Waals surface area contributed by atoms with E-state index in [1.165, 1.54) is 6.07 Å². The van der Waals surface area contributed by atoms with E-state index in [2.05, 4.69) is 4.72 Å². The molecule has 0 saturated carbocycles. The summed E-state index contributed by atoms with van der Waals surface area (Å²) in [5, 5.41) is 0. The van der Waals surface area contributed by atoms with Gasteiger partial charge in [0.25, 0.3) is 0 Å². The van der Waals surface area contributed by atoms with Crippen LogP contribution in [0.1, 0.15) is 18.4 Å². The molecule has 2 rings (SSSR count). The van der Waals surface area contributed by atoms with Crippen molar-refractivity contribution in [2.75, 3.05) is 18.9 Å². The maximum atomic E-state index is 12.2. The van der Waals surface area contributed by atoms with E-state index < -0.39 is 10.0 Å². The number of benzene rings is 1. The number of nitrogens with one attached hydrogen (secondary N) is 1. The minimum atomic E-state index is -3.49. The zero-order chi connectivity index (χ0) is 13.2. The monoisotopic (exact) mass is 270 g/mol. The lowest BCUT2D eigenvalue weighted by Gasteiger charge is -2.23. The fraction of sp³-hybridized carbons (Fsp3) is 0.500. The Labute approximate surface area is 107 Å². The molecule has 1 aromatic rings. The highest BCUT2D eigenvalue weighted by atomic mass is 32.2. The summed E-state index contributed by atoms with van der Waals surface area (Å²) in [4.78, 5) is 0.280. The molecule has 1 fully saturated rings. The number of nitrogen functional groups attached to an aromatic ring is 1. The van der Waals surface area contributed by atoms with Gasteiger partial charge in [-0.1, -0.05) is 0 Å². The summed E-state index contributed by atoms with van der Waals surface area (Å²) >= 11 is 0. The Bertz CT molecular complexity index is 522. The predicted molar refractivity (Wildman–Crippen MR) is 69.8 cm³/mol. The average molecular weight is 270 g/mol. The summed E-state index contributed by atoms with van der Waals surface area (Å²) in [5.41, 5.74) is 6.83. The lowest BCUT2D eigenvalue weighted by molar-refractivity contribution is 0.0774. The van der Waals surface area contributed by atoms with Crippen LogP contribution in [-0.2, 0) is 14.8 Å². The van der Waals surface area contributed by atoms with E-state index in [1.807, 2.05) is 0 Å². The van der Waals surface area contributed by atoms with Crippen LogP contribution in [0.4, 0.5) is 5.69 Å². The van der Waals surface area contributed by atoms with Crippen molar-refractivity contribution in [3.63, 3.8) is 0 Å². The van der Waals surface area contributed by atoms with Crippen LogP contribution < -0.4 is 10.5 Å². The number of ether oxygens (including phenoxy) is 1. The number of anilines is 1. The van der Waals surface area contributed by atoms with Crippen LogP contribution >= 0.6 is 0 Å². The molecule has 1 aliphatic heterocycles. The topological polar surface area (TPSA) is 81.4 Å². The van der Waals surface area contributed by atoms with Crippen LogP contribution in [0.25, 0.3) is 0 Å². The van der Waals surface area contributed by atoms with Crippen LogP contribution in [0.3, 0.4) is 0 Å². The lowest BCUT2D eigenvalue weighted by Crippen LogP contribution is -2.40. The lowest BCUT2D eigenvalue weighted by atomic mass is 10.1. The second-order valence-electron chi connectivity index (χ2n) is 4.56. The fourth-order valence-electron chi connectivity index (χ4n) is 2.09. The summed E-state index contributed by atoms with van der Waals surface area (Å²) in [7, 11) is -3.49. The molecule has 5 nitrogen and oxygen atoms in total. The van der Waals surface area contributed by atoms with E-state index in [0.717, 1.165) is 12.8 Å². The number of sulfonamides is 1. The first-order valence-electron chi connectivity index (χ1n) is 5.95. The van der Waals surface area contributed by atoms with Gasteiger partial charge in [0.2, 0.25) is 10.0 Å². The van der Waals surface area contributed by atoms with Crippen molar-refractivity contribution >= 4 is 15.7 Å². The van der Waals surface area contributed by atoms with Crippen LogP contribution in [0.5, 0.6) is 0 Å². The normalized spacial score (nSPS) is 20.8. The minimum Gasteiger partial charge on any atom is -0.399 e. The van der Waals surface area contributed by atoms with E-state index in [-0.39, 0.29) is 10.9 Å². The number of aryl methyl sites for hydroxylation is 1. The molecule has 6 heteroatoms. The molecule has 3 N–H and O–H groups in total. The molecule has 1 heterocycles. The first kappa shape index (κ1) is 13.3. The Morgan fingerprint density at radius 3 is 2.83 bits per heavy atom. The van der Waals surface area contributed by atoms with Crippen molar-refractivity contribution in [3.8, 4) is 0 Å². The maximum Gasteiger partial charge on any atom is 0.241 e. The van der Waals surface area contributed by atoms with Gasteiger partial charge in [0.05, 0.1) is 11.5 Å². The number of hydrogen-bond acceptors (Lipinski definition) is 4. The molecule has 0 bridgehead atoms. The second kappa shape index (κ2) is 5.26. The van der Waals surface area contributed by atoms with Crippen LogP contribution in [0, 0.1) is 6.92 Å². The van der Waals surface area contributed by atoms with E-state index in [0.29, 0.717) is 24.5 Å². The average Bonchev–Trinajstić information content (AvgIpc) is 2.29. The minimum absolute atomic E-state index is 0.138.